The molecule has 6 rings (SSSR count). The number of aromatic carboxylic acids is 1. The van der Waals surface area contributed by atoms with Crippen molar-refractivity contribution in [2.75, 3.05) is 11.9 Å². The van der Waals surface area contributed by atoms with E-state index in [1.807, 2.05) is 65.2 Å². The van der Waals surface area contributed by atoms with Crippen LogP contribution < -0.4 is 10.1 Å². The van der Waals surface area contributed by atoms with Crippen LogP contribution in [0.4, 0.5) is 11.4 Å². The number of carboxylic acid groups (broad SMARTS) is 1. The molecule has 0 radical (unpaired) electrons. The molecule has 1 atom stereocenters. The number of carbonyl (C=O) groups is 4. The van der Waals surface area contributed by atoms with E-state index < -0.39 is 29.7 Å². The largest absolute Gasteiger partial charge is 0.478 e. The fourth-order valence-corrected chi connectivity index (χ4v) is 6.84. The number of nitrogens with zero attached hydrogens (tertiary/aromatic N) is 2. The topological polar surface area (TPSA) is 136 Å². The molecule has 0 spiro atoms. The zero-order valence-electron chi connectivity index (χ0n) is 31.5. The molecule has 0 fully saturated rings. The molecule has 1 aromatic heterocycles. The maximum Gasteiger partial charge on any atom is 0.338 e. The van der Waals surface area contributed by atoms with Crippen molar-refractivity contribution >= 4 is 64.2 Å². The molecule has 2 N–H and O–H groups in total. The van der Waals surface area contributed by atoms with Crippen LogP contribution in [0.1, 0.15) is 76.5 Å². The van der Waals surface area contributed by atoms with Crippen molar-refractivity contribution in [1.82, 2.24) is 4.57 Å². The number of aromatic nitrogens is 1. The Balaban J connectivity index is 1.43. The number of Topliss-reactive ketones (excluding diaryl/α,β-unsaturated/α-hetero) is 1. The number of rotatable bonds is 18. The van der Waals surface area contributed by atoms with Crippen molar-refractivity contribution in [3.63, 3.8) is 0 Å². The molecule has 0 aliphatic heterocycles. The Kier molecular flexibility index (Phi) is 13.3. The van der Waals surface area contributed by atoms with Crippen molar-refractivity contribution < 1.29 is 33.8 Å². The lowest BCUT2D eigenvalue weighted by molar-refractivity contribution is -0.120. The Labute approximate surface area is 335 Å². The second-order valence-corrected chi connectivity index (χ2v) is 13.8. The number of esters is 1. The molecule has 10 nitrogen and oxygen atoms in total. The van der Waals surface area contributed by atoms with E-state index in [1.165, 1.54) is 48.9 Å². The molecular formula is C46H42ClN3O7. The normalized spacial score (nSPS) is 11.5. The zero-order chi connectivity index (χ0) is 40.3. The van der Waals surface area contributed by atoms with Gasteiger partial charge in [-0.05, 0) is 73.8 Å². The van der Waals surface area contributed by atoms with Gasteiger partial charge < -0.3 is 24.5 Å². The molecule has 1 amide bonds. The summed E-state index contributed by atoms with van der Waals surface area (Å²) in [7, 11) is 0. The van der Waals surface area contributed by atoms with Gasteiger partial charge in [-0.2, -0.15) is 0 Å². The van der Waals surface area contributed by atoms with E-state index in [1.54, 1.807) is 18.2 Å². The van der Waals surface area contributed by atoms with Crippen molar-refractivity contribution in [2.45, 2.75) is 51.6 Å². The molecule has 1 unspecified atom stereocenters. The molecule has 290 valence electrons. The standard InChI is InChI=1S/C46H42ClN3O7/c1-3-4-5-6-7-15-27-56-46(55)31-25-26-36(47)38(29-31)49-44(52)43(57-33-20-16-17-30(28-33)45(53)54)42(51)40-35-22-12-14-24-39(35)50(32-18-9-8-10-19-32)41(40)34-21-11-13-23-37(34)48-2/h8-14,16-26,28-29,43H,2-7,15,27H2,1H3,(H,49,52)(H,53,54). The third-order valence-corrected chi connectivity index (χ3v) is 9.80. The summed E-state index contributed by atoms with van der Waals surface area (Å²) < 4.78 is 13.6. The van der Waals surface area contributed by atoms with Crippen LogP contribution in [0.25, 0.3) is 27.8 Å². The van der Waals surface area contributed by atoms with Crippen molar-refractivity contribution in [3.05, 3.63) is 143 Å². The molecule has 1 heterocycles. The van der Waals surface area contributed by atoms with Crippen molar-refractivity contribution in [2.24, 2.45) is 4.99 Å². The number of fused-ring (bicyclic) bond motifs is 1. The first-order valence-corrected chi connectivity index (χ1v) is 19.2. The van der Waals surface area contributed by atoms with Crippen LogP contribution in [0.5, 0.6) is 5.75 Å². The smallest absolute Gasteiger partial charge is 0.338 e. The maximum atomic E-state index is 15.3. The first-order chi connectivity index (χ1) is 27.7. The summed E-state index contributed by atoms with van der Waals surface area (Å²) in [6.45, 7) is 6.17. The number of ether oxygens (including phenoxy) is 2. The molecule has 5 aromatic carbocycles. The third kappa shape index (κ3) is 9.31. The van der Waals surface area contributed by atoms with E-state index in [-0.39, 0.29) is 39.8 Å². The number of hydrogen-bond donors (Lipinski definition) is 2. The summed E-state index contributed by atoms with van der Waals surface area (Å²) in [5, 5.41) is 13.0. The number of amides is 1. The Morgan fingerprint density at radius 1 is 0.807 bits per heavy atom. The molecular weight excluding hydrogens is 742 g/mol. The first-order valence-electron chi connectivity index (χ1n) is 18.8. The Bertz CT molecular complexity index is 2420. The molecule has 11 heteroatoms. The lowest BCUT2D eigenvalue weighted by Gasteiger charge is -2.20. The van der Waals surface area contributed by atoms with Gasteiger partial charge in [0, 0.05) is 16.6 Å². The van der Waals surface area contributed by atoms with E-state index >= 15 is 4.79 Å². The maximum absolute atomic E-state index is 15.3. The van der Waals surface area contributed by atoms with Crippen LogP contribution in [0.15, 0.2) is 126 Å². The van der Waals surface area contributed by atoms with Crippen LogP contribution >= 0.6 is 11.6 Å². The number of unbranched alkanes of at least 4 members (excludes halogenated alkanes) is 5. The Morgan fingerprint density at radius 2 is 1.53 bits per heavy atom. The van der Waals surface area contributed by atoms with Gasteiger partial charge in [0.05, 0.1) is 50.9 Å². The lowest BCUT2D eigenvalue weighted by Crippen LogP contribution is -2.40. The second kappa shape index (κ2) is 18.9. The van der Waals surface area contributed by atoms with Crippen molar-refractivity contribution in [3.8, 4) is 22.7 Å². The van der Waals surface area contributed by atoms with Crippen LogP contribution in [0.3, 0.4) is 0 Å². The number of aliphatic imine (C=N–C) groups is 1. The van der Waals surface area contributed by atoms with Gasteiger partial charge in [-0.1, -0.05) is 111 Å². The predicted molar refractivity (Wildman–Crippen MR) is 224 cm³/mol. The van der Waals surface area contributed by atoms with Gasteiger partial charge in [-0.15, -0.1) is 0 Å². The third-order valence-electron chi connectivity index (χ3n) is 9.47. The number of carbonyl (C=O) groups excluding carboxylic acids is 3. The molecule has 6 aromatic rings. The van der Waals surface area contributed by atoms with E-state index in [9.17, 15) is 19.5 Å². The fraction of sp³-hybridized carbons (Fsp3) is 0.196. The number of anilines is 1. The van der Waals surface area contributed by atoms with E-state index in [4.69, 9.17) is 21.1 Å². The molecule has 0 saturated carbocycles. The van der Waals surface area contributed by atoms with E-state index in [0.29, 0.717) is 27.8 Å². The molecule has 0 saturated heterocycles. The van der Waals surface area contributed by atoms with Gasteiger partial charge in [0.25, 0.3) is 5.91 Å². The monoisotopic (exact) mass is 783 g/mol. The highest BCUT2D eigenvalue weighted by Gasteiger charge is 2.36. The van der Waals surface area contributed by atoms with Crippen molar-refractivity contribution in [1.29, 1.82) is 0 Å². The molecule has 0 bridgehead atoms. The van der Waals surface area contributed by atoms with Gasteiger partial charge in [0.2, 0.25) is 11.9 Å². The Hall–Kier alpha value is -6.52. The summed E-state index contributed by atoms with van der Waals surface area (Å²) in [6, 6.07) is 33.8. The number of nitrogens with one attached hydrogen (secondary N) is 1. The number of halogens is 1. The quantitative estimate of drug-likeness (QED) is 0.0291. The second-order valence-electron chi connectivity index (χ2n) is 13.4. The summed E-state index contributed by atoms with van der Waals surface area (Å²) in [5.41, 5.74) is 3.15. The highest BCUT2D eigenvalue weighted by molar-refractivity contribution is 6.34. The average molecular weight is 784 g/mol. The highest BCUT2D eigenvalue weighted by Crippen LogP contribution is 2.41. The summed E-state index contributed by atoms with van der Waals surface area (Å²) >= 11 is 6.56. The lowest BCUT2D eigenvalue weighted by atomic mass is 9.97. The van der Waals surface area contributed by atoms with Crippen LogP contribution in [-0.2, 0) is 9.53 Å². The zero-order valence-corrected chi connectivity index (χ0v) is 32.2. The number of ketones is 1. The molecule has 0 aliphatic rings. The van der Waals surface area contributed by atoms with E-state index in [0.717, 1.165) is 37.8 Å². The molecule has 0 aliphatic carbocycles. The summed E-state index contributed by atoms with van der Waals surface area (Å²) in [6.07, 6.45) is 4.31. The number of para-hydroxylation sites is 3. The Morgan fingerprint density at radius 3 is 2.30 bits per heavy atom. The van der Waals surface area contributed by atoms with Gasteiger partial charge in [0.1, 0.15) is 5.75 Å². The number of benzene rings is 5. The van der Waals surface area contributed by atoms with Gasteiger partial charge in [-0.3, -0.25) is 14.6 Å². The van der Waals surface area contributed by atoms with Crippen LogP contribution in [0.2, 0.25) is 5.02 Å². The SMILES string of the molecule is C=Nc1ccccc1-c1c(C(=O)C(Oc2cccc(C(=O)O)c2)C(=O)Nc2cc(C(=O)OCCCCCCCC)ccc2Cl)c2ccccc2n1-c1ccccc1. The van der Waals surface area contributed by atoms with Crippen LogP contribution in [-0.4, -0.2) is 52.7 Å². The summed E-state index contributed by atoms with van der Waals surface area (Å²) in [5.74, 6) is -3.50. The van der Waals surface area contributed by atoms with Gasteiger partial charge >= 0.3 is 11.9 Å². The van der Waals surface area contributed by atoms with E-state index in [2.05, 4.69) is 24.0 Å². The highest BCUT2D eigenvalue weighted by atomic mass is 35.5. The minimum Gasteiger partial charge on any atom is -0.478 e. The fourth-order valence-electron chi connectivity index (χ4n) is 6.67. The predicted octanol–water partition coefficient (Wildman–Crippen LogP) is 10.8. The number of hydrogen-bond acceptors (Lipinski definition) is 7. The average Bonchev–Trinajstić information content (AvgIpc) is 3.58. The minimum atomic E-state index is -1.88. The van der Waals surface area contributed by atoms with Crippen LogP contribution in [0, 0.1) is 0 Å². The summed E-state index contributed by atoms with van der Waals surface area (Å²) in [4.78, 5) is 59.0. The van der Waals surface area contributed by atoms with Gasteiger partial charge in [-0.25, -0.2) is 9.59 Å². The molecule has 57 heavy (non-hydrogen) atoms. The first kappa shape index (κ1) is 40.2. The number of carboxylic acids is 1. The van der Waals surface area contributed by atoms with Gasteiger partial charge in [0.15, 0.2) is 0 Å². The minimum absolute atomic E-state index is 0.0389.